The van der Waals surface area contributed by atoms with Gasteiger partial charge in [0.15, 0.2) is 0 Å². The van der Waals surface area contributed by atoms with Crippen LogP contribution in [0.25, 0.3) is 0 Å². The molecule has 3 N–H and O–H groups in total. The van der Waals surface area contributed by atoms with Crippen LogP contribution in [0, 0.1) is 5.92 Å². The Bertz CT molecular complexity index is 567. The zero-order valence-electron chi connectivity index (χ0n) is 12.5. The van der Waals surface area contributed by atoms with Crippen LogP contribution in [0.5, 0.6) is 0 Å². The van der Waals surface area contributed by atoms with Gasteiger partial charge < -0.3 is 10.4 Å². The molecule has 1 aromatic rings. The highest BCUT2D eigenvalue weighted by atomic mass is 32.2. The number of hydrogen-bond acceptors (Lipinski definition) is 4. The van der Waals surface area contributed by atoms with Gasteiger partial charge >= 0.3 is 5.97 Å². The zero-order valence-corrected chi connectivity index (χ0v) is 13.3. The summed E-state index contributed by atoms with van der Waals surface area (Å²) in [6.07, 6.45) is 0.00903. The molecule has 7 heteroatoms. The van der Waals surface area contributed by atoms with Crippen molar-refractivity contribution in [3.05, 3.63) is 24.3 Å². The molecule has 1 aromatic carbocycles. The minimum absolute atomic E-state index is 0.00903. The molecule has 6 nitrogen and oxygen atoms in total. The molecular formula is C14H22N2O4S. The van der Waals surface area contributed by atoms with E-state index in [4.69, 9.17) is 5.11 Å². The fraction of sp³-hybridized carbons (Fsp3) is 0.500. The Morgan fingerprint density at radius 1 is 1.24 bits per heavy atom. The maximum absolute atomic E-state index is 11.8. The zero-order chi connectivity index (χ0) is 16.0. The fourth-order valence-corrected chi connectivity index (χ4v) is 2.90. The lowest BCUT2D eigenvalue weighted by Crippen LogP contribution is -2.28. The molecule has 21 heavy (non-hydrogen) atoms. The highest BCUT2D eigenvalue weighted by Crippen LogP contribution is 2.18. The molecule has 1 unspecified atom stereocenters. The minimum atomic E-state index is -3.46. The summed E-state index contributed by atoms with van der Waals surface area (Å²) in [6.45, 7) is 5.91. The van der Waals surface area contributed by atoms with Crippen LogP contribution in [0.2, 0.25) is 0 Å². The van der Waals surface area contributed by atoms with Crippen molar-refractivity contribution in [2.45, 2.75) is 38.1 Å². The van der Waals surface area contributed by atoms with E-state index >= 15 is 0 Å². The monoisotopic (exact) mass is 314 g/mol. The van der Waals surface area contributed by atoms with E-state index in [0.717, 1.165) is 0 Å². The lowest BCUT2D eigenvalue weighted by molar-refractivity contribution is -0.137. The van der Waals surface area contributed by atoms with Crippen molar-refractivity contribution in [3.8, 4) is 0 Å². The Labute approximate surface area is 125 Å². The molecule has 1 rings (SSSR count). The van der Waals surface area contributed by atoms with E-state index < -0.39 is 16.0 Å². The van der Waals surface area contributed by atoms with Crippen molar-refractivity contribution < 1.29 is 18.3 Å². The first-order valence-electron chi connectivity index (χ1n) is 6.84. The summed E-state index contributed by atoms with van der Waals surface area (Å²) in [4.78, 5) is 11.0. The smallest absolute Gasteiger partial charge is 0.305 e. The first-order chi connectivity index (χ1) is 9.76. The predicted molar refractivity (Wildman–Crippen MR) is 81.8 cm³/mol. The number of sulfonamides is 1. The highest BCUT2D eigenvalue weighted by Gasteiger charge is 2.17. The van der Waals surface area contributed by atoms with Crippen molar-refractivity contribution in [1.82, 2.24) is 4.72 Å². The largest absolute Gasteiger partial charge is 0.481 e. The fourth-order valence-electron chi connectivity index (χ4n) is 1.86. The van der Waals surface area contributed by atoms with Gasteiger partial charge in [0.05, 0.1) is 11.3 Å². The molecule has 0 saturated heterocycles. The van der Waals surface area contributed by atoms with Crippen molar-refractivity contribution in [2.24, 2.45) is 5.92 Å². The number of carboxylic acid groups (broad SMARTS) is 1. The number of carbonyl (C=O) groups is 1. The second-order valence-electron chi connectivity index (χ2n) is 5.12. The molecule has 0 bridgehead atoms. The molecule has 0 aliphatic rings. The molecule has 0 spiro atoms. The molecule has 1 atom stereocenters. The quantitative estimate of drug-likeness (QED) is 0.681. The van der Waals surface area contributed by atoms with Gasteiger partial charge in [0, 0.05) is 18.3 Å². The van der Waals surface area contributed by atoms with Crippen LogP contribution in [-0.2, 0) is 14.8 Å². The van der Waals surface area contributed by atoms with Gasteiger partial charge in [-0.2, -0.15) is 0 Å². The number of hydrogen-bond donors (Lipinski definition) is 3. The average molecular weight is 314 g/mol. The third-order valence-corrected chi connectivity index (χ3v) is 4.61. The molecule has 0 aliphatic carbocycles. The maximum Gasteiger partial charge on any atom is 0.305 e. The van der Waals surface area contributed by atoms with E-state index in [-0.39, 0.29) is 23.3 Å². The second kappa shape index (κ2) is 7.42. The Morgan fingerprint density at radius 3 is 2.24 bits per heavy atom. The molecule has 118 valence electrons. The van der Waals surface area contributed by atoms with Crippen LogP contribution in [0.3, 0.4) is 0 Å². The Balaban J connectivity index is 2.84. The van der Waals surface area contributed by atoms with Gasteiger partial charge in [-0.3, -0.25) is 4.79 Å². The summed E-state index contributed by atoms with van der Waals surface area (Å²) in [6, 6.07) is 6.07. The first-order valence-corrected chi connectivity index (χ1v) is 8.32. The molecule has 0 saturated carbocycles. The number of aliphatic carboxylic acids is 1. The van der Waals surface area contributed by atoms with Crippen LogP contribution in [0.1, 0.15) is 27.2 Å². The molecule has 0 heterocycles. The van der Waals surface area contributed by atoms with E-state index in [2.05, 4.69) is 10.0 Å². The molecule has 0 aromatic heterocycles. The molecular weight excluding hydrogens is 292 g/mol. The summed E-state index contributed by atoms with van der Waals surface area (Å²) in [5, 5.41) is 12.0. The van der Waals surface area contributed by atoms with Gasteiger partial charge in [-0.05, 0) is 30.2 Å². The minimum Gasteiger partial charge on any atom is -0.481 e. The highest BCUT2D eigenvalue weighted by molar-refractivity contribution is 7.89. The van der Waals surface area contributed by atoms with Crippen molar-refractivity contribution in [3.63, 3.8) is 0 Å². The van der Waals surface area contributed by atoms with Crippen LogP contribution in [-0.4, -0.2) is 32.1 Å². The summed E-state index contributed by atoms with van der Waals surface area (Å²) in [5.74, 6) is -0.723. The lowest BCUT2D eigenvalue weighted by atomic mass is 10.0. The van der Waals surface area contributed by atoms with Crippen LogP contribution >= 0.6 is 0 Å². The SMILES string of the molecule is CCNS(=O)(=O)c1ccc(NC(CC(=O)O)C(C)C)cc1. The van der Waals surface area contributed by atoms with Crippen molar-refractivity contribution in [1.29, 1.82) is 0 Å². The van der Waals surface area contributed by atoms with E-state index in [1.54, 1.807) is 19.1 Å². The number of benzene rings is 1. The molecule has 0 aliphatic heterocycles. The number of carboxylic acids is 1. The van der Waals surface area contributed by atoms with Crippen molar-refractivity contribution in [2.75, 3.05) is 11.9 Å². The Hall–Kier alpha value is -1.60. The third kappa shape index (κ3) is 5.35. The van der Waals surface area contributed by atoms with Crippen LogP contribution < -0.4 is 10.0 Å². The van der Waals surface area contributed by atoms with Gasteiger partial charge in [0.2, 0.25) is 10.0 Å². The maximum atomic E-state index is 11.8. The average Bonchev–Trinajstić information content (AvgIpc) is 2.38. The van der Waals surface area contributed by atoms with Crippen molar-refractivity contribution >= 4 is 21.7 Å². The van der Waals surface area contributed by atoms with Gasteiger partial charge in [-0.25, -0.2) is 13.1 Å². The number of anilines is 1. The molecule has 0 amide bonds. The first kappa shape index (κ1) is 17.5. The summed E-state index contributed by atoms with van der Waals surface area (Å²) < 4.78 is 26.0. The number of nitrogens with one attached hydrogen (secondary N) is 2. The Kier molecular flexibility index (Phi) is 6.17. The predicted octanol–water partition coefficient (Wildman–Crippen LogP) is 1.90. The van der Waals surface area contributed by atoms with Gasteiger partial charge in [-0.15, -0.1) is 0 Å². The Morgan fingerprint density at radius 2 is 1.81 bits per heavy atom. The van der Waals surface area contributed by atoms with E-state index in [1.165, 1.54) is 12.1 Å². The van der Waals surface area contributed by atoms with Gasteiger partial charge in [-0.1, -0.05) is 20.8 Å². The van der Waals surface area contributed by atoms with E-state index in [0.29, 0.717) is 12.2 Å². The third-order valence-electron chi connectivity index (χ3n) is 3.05. The second-order valence-corrected chi connectivity index (χ2v) is 6.89. The normalized spacial score (nSPS) is 13.1. The number of rotatable bonds is 8. The van der Waals surface area contributed by atoms with E-state index in [9.17, 15) is 13.2 Å². The molecule has 0 radical (unpaired) electrons. The molecule has 0 fully saturated rings. The van der Waals surface area contributed by atoms with Crippen LogP contribution in [0.4, 0.5) is 5.69 Å². The van der Waals surface area contributed by atoms with E-state index in [1.807, 2.05) is 13.8 Å². The summed E-state index contributed by atoms with van der Waals surface area (Å²) in [7, 11) is -3.46. The lowest BCUT2D eigenvalue weighted by Gasteiger charge is -2.22. The topological polar surface area (TPSA) is 95.5 Å². The van der Waals surface area contributed by atoms with Gasteiger partial charge in [0.25, 0.3) is 0 Å². The van der Waals surface area contributed by atoms with Gasteiger partial charge in [0.1, 0.15) is 0 Å². The standard InChI is InChI=1S/C14H22N2O4S/c1-4-15-21(19,20)12-7-5-11(6-8-12)16-13(10(2)3)9-14(17)18/h5-8,10,13,15-16H,4,9H2,1-3H3,(H,17,18). The summed E-state index contributed by atoms with van der Waals surface area (Å²) >= 11 is 0. The summed E-state index contributed by atoms with van der Waals surface area (Å²) in [5.41, 5.74) is 0.699. The van der Waals surface area contributed by atoms with Crippen LogP contribution in [0.15, 0.2) is 29.2 Å².